The monoisotopic (exact) mass is 384 g/mol. The molecule has 2 N–H and O–H groups in total. The molecule has 150 valence electrons. The highest BCUT2D eigenvalue weighted by atomic mass is 16.2. The number of nitrogens with zero attached hydrogens (tertiary/aromatic N) is 4. The van der Waals surface area contributed by atoms with Gasteiger partial charge in [0.2, 0.25) is 0 Å². The van der Waals surface area contributed by atoms with Crippen molar-refractivity contribution in [1.82, 2.24) is 30.2 Å². The summed E-state index contributed by atoms with van der Waals surface area (Å²) in [5, 5.41) is 3.91. The summed E-state index contributed by atoms with van der Waals surface area (Å²) < 4.78 is 2.13. The number of urea groups is 1. The number of amides is 3. The van der Waals surface area contributed by atoms with Gasteiger partial charge in [-0.25, -0.2) is 15.2 Å². The fraction of sp³-hybridized carbons (Fsp3) is 0.450. The van der Waals surface area contributed by atoms with Crippen LogP contribution in [0.25, 0.3) is 11.4 Å². The Morgan fingerprint density at radius 3 is 2.57 bits per heavy atom. The Morgan fingerprint density at radius 2 is 1.89 bits per heavy atom. The fourth-order valence-corrected chi connectivity index (χ4v) is 3.36. The van der Waals surface area contributed by atoms with E-state index in [1.807, 2.05) is 51.2 Å². The van der Waals surface area contributed by atoms with Crippen LogP contribution in [-0.4, -0.2) is 58.1 Å². The van der Waals surface area contributed by atoms with Crippen LogP contribution in [-0.2, 0) is 13.1 Å². The molecule has 1 aromatic carbocycles. The van der Waals surface area contributed by atoms with Crippen LogP contribution in [0.15, 0.2) is 30.3 Å². The maximum absolute atomic E-state index is 13.1. The van der Waals surface area contributed by atoms with Crippen LogP contribution < -0.4 is 10.7 Å². The van der Waals surface area contributed by atoms with Crippen molar-refractivity contribution in [3.8, 4) is 11.4 Å². The maximum atomic E-state index is 13.1. The van der Waals surface area contributed by atoms with E-state index in [2.05, 4.69) is 20.2 Å². The standard InChI is InChI=1S/C20H28N6O2/c1-14(2)21-20(28)23-25(4)19(27)17-16-13-24(3)11-8-12-26(16)18(22-17)15-9-6-5-7-10-15/h5-7,9-10,14H,8,11-13H2,1-4H3,(H2,21,23,28). The van der Waals surface area contributed by atoms with E-state index in [-0.39, 0.29) is 11.9 Å². The number of carbonyl (C=O) groups excluding carboxylic acids is 2. The molecule has 0 spiro atoms. The van der Waals surface area contributed by atoms with Crippen molar-refractivity contribution in [3.63, 3.8) is 0 Å². The third-order valence-electron chi connectivity index (χ3n) is 4.64. The van der Waals surface area contributed by atoms with Crippen LogP contribution in [0.3, 0.4) is 0 Å². The average Bonchev–Trinajstić information content (AvgIpc) is 2.87. The second-order valence-corrected chi connectivity index (χ2v) is 7.44. The van der Waals surface area contributed by atoms with Gasteiger partial charge in [-0.15, -0.1) is 0 Å². The molecule has 3 rings (SSSR count). The largest absolute Gasteiger partial charge is 0.335 e. The molecule has 0 saturated heterocycles. The van der Waals surface area contributed by atoms with Crippen molar-refractivity contribution >= 4 is 11.9 Å². The number of hydrazine groups is 1. The van der Waals surface area contributed by atoms with Gasteiger partial charge < -0.3 is 14.8 Å². The number of rotatable bonds is 3. The van der Waals surface area contributed by atoms with Gasteiger partial charge in [0.25, 0.3) is 5.91 Å². The third kappa shape index (κ3) is 4.33. The number of imidazole rings is 1. The number of hydrogen-bond donors (Lipinski definition) is 2. The van der Waals surface area contributed by atoms with E-state index < -0.39 is 6.03 Å². The zero-order valence-corrected chi connectivity index (χ0v) is 16.9. The normalized spacial score (nSPS) is 14.3. The number of carbonyl (C=O) groups is 2. The van der Waals surface area contributed by atoms with Gasteiger partial charge in [-0.2, -0.15) is 0 Å². The second-order valence-electron chi connectivity index (χ2n) is 7.44. The van der Waals surface area contributed by atoms with Crippen molar-refractivity contribution in [2.45, 2.75) is 39.4 Å². The van der Waals surface area contributed by atoms with Crippen LogP contribution in [0.4, 0.5) is 4.79 Å². The molecule has 8 heteroatoms. The number of aromatic nitrogens is 2. The van der Waals surface area contributed by atoms with Gasteiger partial charge in [-0.05, 0) is 33.9 Å². The third-order valence-corrected chi connectivity index (χ3v) is 4.64. The molecule has 3 amide bonds. The fourth-order valence-electron chi connectivity index (χ4n) is 3.36. The van der Waals surface area contributed by atoms with Gasteiger partial charge >= 0.3 is 6.03 Å². The smallest absolute Gasteiger partial charge is 0.333 e. The van der Waals surface area contributed by atoms with Crippen molar-refractivity contribution < 1.29 is 9.59 Å². The lowest BCUT2D eigenvalue weighted by atomic mass is 10.2. The SMILES string of the molecule is CC(C)NC(=O)NN(C)C(=O)c1nc(-c2ccccc2)n2c1CN(C)CCC2. The summed E-state index contributed by atoms with van der Waals surface area (Å²) in [6.45, 7) is 6.10. The molecule has 2 heterocycles. The summed E-state index contributed by atoms with van der Waals surface area (Å²) in [7, 11) is 3.58. The summed E-state index contributed by atoms with van der Waals surface area (Å²) >= 11 is 0. The second kappa shape index (κ2) is 8.43. The summed E-state index contributed by atoms with van der Waals surface area (Å²) in [5.74, 6) is 0.453. The minimum atomic E-state index is -0.420. The maximum Gasteiger partial charge on any atom is 0.333 e. The lowest BCUT2D eigenvalue weighted by molar-refractivity contribution is 0.0726. The van der Waals surface area contributed by atoms with Crippen LogP contribution in [0, 0.1) is 0 Å². The predicted molar refractivity (Wildman–Crippen MR) is 108 cm³/mol. The topological polar surface area (TPSA) is 82.5 Å². The van der Waals surface area contributed by atoms with Crippen molar-refractivity contribution in [2.75, 3.05) is 20.6 Å². The van der Waals surface area contributed by atoms with E-state index in [9.17, 15) is 9.59 Å². The Bertz CT molecular complexity index is 846. The highest BCUT2D eigenvalue weighted by Gasteiger charge is 2.28. The molecule has 0 unspecified atom stereocenters. The summed E-state index contributed by atoms with van der Waals surface area (Å²) in [5.41, 5.74) is 4.79. The summed E-state index contributed by atoms with van der Waals surface area (Å²) in [4.78, 5) is 31.9. The first kappa shape index (κ1) is 19.9. The molecule has 2 aromatic rings. The molecule has 0 atom stereocenters. The molecule has 1 aliphatic rings. The number of benzene rings is 1. The summed E-state index contributed by atoms with van der Waals surface area (Å²) in [6, 6.07) is 9.44. The lowest BCUT2D eigenvalue weighted by Gasteiger charge is -2.20. The Kier molecular flexibility index (Phi) is 5.99. The molecule has 8 nitrogen and oxygen atoms in total. The van der Waals surface area contributed by atoms with Gasteiger partial charge in [-0.3, -0.25) is 9.80 Å². The van der Waals surface area contributed by atoms with E-state index in [1.165, 1.54) is 12.1 Å². The first-order chi connectivity index (χ1) is 13.4. The number of hydrogen-bond acceptors (Lipinski definition) is 4. The number of nitrogens with one attached hydrogen (secondary N) is 2. The molecule has 0 radical (unpaired) electrons. The van der Waals surface area contributed by atoms with Gasteiger partial charge in [0.1, 0.15) is 5.82 Å². The Labute approximate surface area is 165 Å². The van der Waals surface area contributed by atoms with Crippen molar-refractivity contribution in [3.05, 3.63) is 41.7 Å². The zero-order valence-electron chi connectivity index (χ0n) is 16.9. The quantitative estimate of drug-likeness (QED) is 0.794. The molecule has 1 aromatic heterocycles. The molecule has 0 bridgehead atoms. The number of fused-ring (bicyclic) bond motifs is 1. The Balaban J connectivity index is 1.95. The molecule has 0 saturated carbocycles. The predicted octanol–water partition coefficient (Wildman–Crippen LogP) is 2.08. The van der Waals surface area contributed by atoms with E-state index in [1.54, 1.807) is 0 Å². The molecular formula is C20H28N6O2. The van der Waals surface area contributed by atoms with Crippen LogP contribution in [0.2, 0.25) is 0 Å². The van der Waals surface area contributed by atoms with Gasteiger partial charge in [-0.1, -0.05) is 30.3 Å². The van der Waals surface area contributed by atoms with Crippen molar-refractivity contribution in [1.29, 1.82) is 0 Å². The van der Waals surface area contributed by atoms with E-state index in [0.717, 1.165) is 36.6 Å². The van der Waals surface area contributed by atoms with Crippen molar-refractivity contribution in [2.24, 2.45) is 0 Å². The first-order valence-electron chi connectivity index (χ1n) is 9.55. The van der Waals surface area contributed by atoms with E-state index >= 15 is 0 Å². The van der Waals surface area contributed by atoms with E-state index in [4.69, 9.17) is 4.98 Å². The first-order valence-corrected chi connectivity index (χ1v) is 9.55. The van der Waals surface area contributed by atoms with Crippen LogP contribution in [0.5, 0.6) is 0 Å². The highest BCUT2D eigenvalue weighted by molar-refractivity contribution is 5.95. The molecule has 0 fully saturated rings. The Hall–Kier alpha value is -2.87. The zero-order chi connectivity index (χ0) is 20.3. The molecular weight excluding hydrogens is 356 g/mol. The van der Waals surface area contributed by atoms with Gasteiger partial charge in [0.05, 0.1) is 5.69 Å². The van der Waals surface area contributed by atoms with Gasteiger partial charge in [0, 0.05) is 31.7 Å². The van der Waals surface area contributed by atoms with Crippen LogP contribution >= 0.6 is 0 Å². The van der Waals surface area contributed by atoms with E-state index in [0.29, 0.717) is 12.2 Å². The minimum absolute atomic E-state index is 0.0225. The Morgan fingerprint density at radius 1 is 1.18 bits per heavy atom. The average molecular weight is 384 g/mol. The molecule has 1 aliphatic heterocycles. The van der Waals surface area contributed by atoms with Gasteiger partial charge in [0.15, 0.2) is 5.69 Å². The highest BCUT2D eigenvalue weighted by Crippen LogP contribution is 2.26. The summed E-state index contributed by atoms with van der Waals surface area (Å²) in [6.07, 6.45) is 0.984. The molecule has 28 heavy (non-hydrogen) atoms. The minimum Gasteiger partial charge on any atom is -0.335 e. The molecule has 0 aliphatic carbocycles. The lowest BCUT2D eigenvalue weighted by Crippen LogP contribution is -2.49. The van der Waals surface area contributed by atoms with Crippen LogP contribution in [0.1, 0.15) is 36.5 Å².